The van der Waals surface area contributed by atoms with E-state index in [0.717, 1.165) is 50.2 Å². The van der Waals surface area contributed by atoms with E-state index in [1.807, 2.05) is 4.90 Å². The largest absolute Gasteiger partial charge is 0.480 e. The number of pyridine rings is 2. The van der Waals surface area contributed by atoms with E-state index in [1.165, 1.54) is 12.0 Å². The van der Waals surface area contributed by atoms with Gasteiger partial charge >= 0.3 is 5.97 Å². The van der Waals surface area contributed by atoms with Crippen LogP contribution in [0.5, 0.6) is 5.88 Å². The molecule has 2 N–H and O–H groups in total. The Morgan fingerprint density at radius 2 is 2.17 bits per heavy atom. The number of aliphatic carboxylic acids is 1. The molecule has 4 rings (SSSR count). The van der Waals surface area contributed by atoms with Gasteiger partial charge in [0.2, 0.25) is 5.88 Å². The monoisotopic (exact) mass is 482 g/mol. The van der Waals surface area contributed by atoms with Crippen LogP contribution in [0.1, 0.15) is 62.4 Å². The molecule has 0 radical (unpaired) electrons. The summed E-state index contributed by atoms with van der Waals surface area (Å²) in [6.45, 7) is 7.56. The molecule has 2 aromatic rings. The Bertz CT molecular complexity index is 983. The minimum Gasteiger partial charge on any atom is -0.480 e. The predicted molar refractivity (Wildman–Crippen MR) is 135 cm³/mol. The van der Waals surface area contributed by atoms with Crippen LogP contribution in [0, 0.1) is 5.92 Å². The molecule has 35 heavy (non-hydrogen) atoms. The van der Waals surface area contributed by atoms with E-state index in [-0.39, 0.29) is 6.10 Å². The van der Waals surface area contributed by atoms with Crippen LogP contribution in [0.25, 0.3) is 0 Å². The lowest BCUT2D eigenvalue weighted by Crippen LogP contribution is -2.34. The molecule has 8 nitrogen and oxygen atoms in total. The highest BCUT2D eigenvalue weighted by Crippen LogP contribution is 2.31. The highest BCUT2D eigenvalue weighted by atomic mass is 16.5. The van der Waals surface area contributed by atoms with Crippen molar-refractivity contribution in [1.82, 2.24) is 14.9 Å². The van der Waals surface area contributed by atoms with Crippen LogP contribution in [-0.2, 0) is 22.4 Å². The van der Waals surface area contributed by atoms with Crippen molar-refractivity contribution in [2.75, 3.05) is 38.2 Å². The Labute approximate surface area is 208 Å². The lowest BCUT2D eigenvalue weighted by molar-refractivity contribution is -0.143. The topological polar surface area (TPSA) is 96.8 Å². The maximum absolute atomic E-state index is 12.2. The summed E-state index contributed by atoms with van der Waals surface area (Å²) in [6.07, 6.45) is 7.71. The zero-order valence-electron chi connectivity index (χ0n) is 20.9. The molecule has 0 aliphatic carbocycles. The summed E-state index contributed by atoms with van der Waals surface area (Å²) in [4.78, 5) is 23.3. The number of nitrogens with zero attached hydrogens (tertiary/aromatic N) is 3. The fourth-order valence-electron chi connectivity index (χ4n) is 4.75. The molecule has 2 atom stereocenters. The maximum atomic E-state index is 12.2. The van der Waals surface area contributed by atoms with Crippen LogP contribution in [0.15, 0.2) is 30.5 Å². The summed E-state index contributed by atoms with van der Waals surface area (Å²) in [5.41, 5.74) is 3.05. The number of likely N-dealkylation sites (tertiary alicyclic amines) is 1. The van der Waals surface area contributed by atoms with Crippen molar-refractivity contribution in [2.45, 2.75) is 64.5 Å². The average molecular weight is 483 g/mol. The fourth-order valence-corrected chi connectivity index (χ4v) is 4.75. The van der Waals surface area contributed by atoms with Gasteiger partial charge in [0.25, 0.3) is 0 Å². The van der Waals surface area contributed by atoms with E-state index < -0.39 is 12.0 Å². The predicted octanol–water partition coefficient (Wildman–Crippen LogP) is 4.11. The fraction of sp³-hybridized carbons (Fsp3) is 0.593. The quantitative estimate of drug-likeness (QED) is 0.436. The second-order valence-corrected chi connectivity index (χ2v) is 9.92. The van der Waals surface area contributed by atoms with Crippen molar-refractivity contribution in [1.29, 1.82) is 0 Å². The molecule has 0 aromatic carbocycles. The molecule has 1 unspecified atom stereocenters. The molecule has 2 aromatic heterocycles. The molecule has 0 saturated carbocycles. The number of hydrogen-bond donors (Lipinski definition) is 2. The smallest absolute Gasteiger partial charge is 0.325 e. The number of carboxylic acid groups (broad SMARTS) is 1. The van der Waals surface area contributed by atoms with Crippen molar-refractivity contribution in [2.24, 2.45) is 5.92 Å². The van der Waals surface area contributed by atoms with Crippen LogP contribution in [0.4, 0.5) is 5.82 Å². The number of anilines is 1. The summed E-state index contributed by atoms with van der Waals surface area (Å²) in [7, 11) is 0. The summed E-state index contributed by atoms with van der Waals surface area (Å²) in [5, 5.41) is 13.4. The van der Waals surface area contributed by atoms with Gasteiger partial charge in [0.1, 0.15) is 11.9 Å². The first-order valence-electron chi connectivity index (χ1n) is 12.9. The molecule has 1 saturated heterocycles. The number of aryl methyl sites for hydroxylation is 2. The summed E-state index contributed by atoms with van der Waals surface area (Å²) in [5.74, 6) is 0.900. The lowest BCUT2D eigenvalue weighted by Gasteiger charge is -2.26. The number of carboxylic acids is 1. The Hall–Kier alpha value is -2.71. The van der Waals surface area contributed by atoms with Crippen molar-refractivity contribution >= 4 is 11.8 Å². The van der Waals surface area contributed by atoms with E-state index in [1.54, 1.807) is 18.3 Å². The Balaban J connectivity index is 1.24. The molecule has 8 heteroatoms. The number of ether oxygens (including phenoxy) is 2. The first-order chi connectivity index (χ1) is 17.0. The number of hydrogen-bond acceptors (Lipinski definition) is 7. The summed E-state index contributed by atoms with van der Waals surface area (Å²) >= 11 is 0. The van der Waals surface area contributed by atoms with Crippen LogP contribution in [-0.4, -0.2) is 64.9 Å². The SMILES string of the molecule is CC(C)COc1ncccc1C(C(=O)O)N1CC[C@@H](OCCCCc2ccc3c(n2)NCCC3)C1. The van der Waals surface area contributed by atoms with Crippen molar-refractivity contribution in [3.8, 4) is 5.88 Å². The molecule has 2 aliphatic rings. The van der Waals surface area contributed by atoms with Crippen LogP contribution in [0.2, 0.25) is 0 Å². The number of fused-ring (bicyclic) bond motifs is 1. The normalized spacial score (nSPS) is 18.8. The highest BCUT2D eigenvalue weighted by Gasteiger charge is 2.36. The standard InChI is InChI=1S/C27H38N4O4/c1-19(2)18-35-26-23(9-6-14-29-26)24(27(32)33)31-15-12-22(17-31)34-16-4-3-8-21-11-10-20-7-5-13-28-25(20)30-21/h6,9-11,14,19,22,24H,3-5,7-8,12-13,15-18H2,1-2H3,(H,28,30)(H,32,33)/t22-,24?/m1/s1. The van der Waals surface area contributed by atoms with Crippen molar-refractivity contribution in [3.63, 3.8) is 0 Å². The van der Waals surface area contributed by atoms with Gasteiger partial charge in [-0.1, -0.05) is 19.9 Å². The lowest BCUT2D eigenvalue weighted by atomic mass is 10.1. The van der Waals surface area contributed by atoms with Gasteiger partial charge in [0.15, 0.2) is 0 Å². The van der Waals surface area contributed by atoms with E-state index in [0.29, 0.717) is 43.7 Å². The van der Waals surface area contributed by atoms with Gasteiger partial charge in [-0.05, 0) is 68.2 Å². The zero-order valence-corrected chi connectivity index (χ0v) is 20.9. The van der Waals surface area contributed by atoms with Gasteiger partial charge in [-0.3, -0.25) is 9.69 Å². The van der Waals surface area contributed by atoms with Gasteiger partial charge in [-0.2, -0.15) is 0 Å². The molecule has 0 spiro atoms. The maximum Gasteiger partial charge on any atom is 0.325 e. The van der Waals surface area contributed by atoms with Crippen LogP contribution >= 0.6 is 0 Å². The third kappa shape index (κ3) is 6.92. The molecule has 4 heterocycles. The third-order valence-corrected chi connectivity index (χ3v) is 6.56. The minimum absolute atomic E-state index is 0.0413. The summed E-state index contributed by atoms with van der Waals surface area (Å²) in [6, 6.07) is 7.13. The Morgan fingerprint density at radius 1 is 1.29 bits per heavy atom. The van der Waals surface area contributed by atoms with Gasteiger partial charge in [0, 0.05) is 43.7 Å². The summed E-state index contributed by atoms with van der Waals surface area (Å²) < 4.78 is 12.0. The van der Waals surface area contributed by atoms with Gasteiger partial charge in [-0.25, -0.2) is 9.97 Å². The van der Waals surface area contributed by atoms with E-state index >= 15 is 0 Å². The molecule has 190 valence electrons. The van der Waals surface area contributed by atoms with E-state index in [9.17, 15) is 9.90 Å². The number of rotatable bonds is 12. The second kappa shape index (κ2) is 12.3. The number of carbonyl (C=O) groups is 1. The van der Waals surface area contributed by atoms with Gasteiger partial charge in [0.05, 0.1) is 12.7 Å². The average Bonchev–Trinajstić information content (AvgIpc) is 3.31. The molecule has 0 amide bonds. The van der Waals surface area contributed by atoms with Crippen molar-refractivity contribution in [3.05, 3.63) is 47.3 Å². The highest BCUT2D eigenvalue weighted by molar-refractivity contribution is 5.76. The molecule has 1 fully saturated rings. The second-order valence-electron chi connectivity index (χ2n) is 9.92. The molecular formula is C27H38N4O4. The first kappa shape index (κ1) is 25.4. The third-order valence-electron chi connectivity index (χ3n) is 6.56. The van der Waals surface area contributed by atoms with Gasteiger partial charge in [-0.15, -0.1) is 0 Å². The molecular weight excluding hydrogens is 444 g/mol. The van der Waals surface area contributed by atoms with E-state index in [2.05, 4.69) is 36.3 Å². The Kier molecular flexibility index (Phi) is 8.93. The number of unbranched alkanes of at least 4 members (excludes halogenated alkanes) is 1. The van der Waals surface area contributed by atoms with E-state index in [4.69, 9.17) is 14.5 Å². The molecule has 2 aliphatic heterocycles. The Morgan fingerprint density at radius 3 is 3.00 bits per heavy atom. The van der Waals surface area contributed by atoms with Crippen LogP contribution in [0.3, 0.4) is 0 Å². The minimum atomic E-state index is -0.889. The zero-order chi connectivity index (χ0) is 24.6. The first-order valence-corrected chi connectivity index (χ1v) is 12.9. The van der Waals surface area contributed by atoms with Gasteiger partial charge < -0.3 is 19.9 Å². The number of nitrogens with one attached hydrogen (secondary N) is 1. The number of aromatic nitrogens is 2. The van der Waals surface area contributed by atoms with Crippen LogP contribution < -0.4 is 10.1 Å². The van der Waals surface area contributed by atoms with Crippen molar-refractivity contribution < 1.29 is 19.4 Å². The molecule has 0 bridgehead atoms.